The van der Waals surface area contributed by atoms with Gasteiger partial charge in [-0.05, 0) is 60.7 Å². The third-order valence-electron chi connectivity index (χ3n) is 5.63. The van der Waals surface area contributed by atoms with Crippen molar-refractivity contribution in [2.75, 3.05) is 35.2 Å². The molecule has 0 spiro atoms. The lowest BCUT2D eigenvalue weighted by atomic mass is 9.96. The second-order valence-electron chi connectivity index (χ2n) is 7.79. The van der Waals surface area contributed by atoms with Crippen molar-refractivity contribution < 1.29 is 9.90 Å². The van der Waals surface area contributed by atoms with Crippen LogP contribution in [0.2, 0.25) is 10.0 Å². The lowest BCUT2D eigenvalue weighted by Crippen LogP contribution is -2.35. The largest absolute Gasteiger partial charge is 0.396 e. The van der Waals surface area contributed by atoms with Crippen molar-refractivity contribution >= 4 is 46.3 Å². The van der Waals surface area contributed by atoms with E-state index in [2.05, 4.69) is 26.6 Å². The van der Waals surface area contributed by atoms with Crippen molar-refractivity contribution in [3.8, 4) is 11.1 Å². The van der Waals surface area contributed by atoms with E-state index in [4.69, 9.17) is 23.2 Å². The predicted molar refractivity (Wildman–Crippen MR) is 131 cm³/mol. The van der Waals surface area contributed by atoms with E-state index in [-0.39, 0.29) is 6.61 Å². The van der Waals surface area contributed by atoms with Crippen LogP contribution < -0.4 is 15.5 Å². The van der Waals surface area contributed by atoms with Gasteiger partial charge < -0.3 is 20.6 Å². The zero-order valence-electron chi connectivity index (χ0n) is 17.4. The van der Waals surface area contributed by atoms with Gasteiger partial charge in [-0.3, -0.25) is 4.98 Å². The van der Waals surface area contributed by atoms with Crippen LogP contribution in [0.15, 0.2) is 60.9 Å². The molecule has 4 rings (SSSR count). The SMILES string of the molecule is O=C(Nc1ccc(Cl)cc1Cl)Nc1ccc(-c2cccnc2)cc1N1CCC(CO)CC1. The molecule has 1 aliphatic heterocycles. The van der Waals surface area contributed by atoms with E-state index >= 15 is 0 Å². The summed E-state index contributed by atoms with van der Waals surface area (Å²) in [5, 5.41) is 16.1. The third-order valence-corrected chi connectivity index (χ3v) is 6.18. The number of carbonyl (C=O) groups is 1. The van der Waals surface area contributed by atoms with Gasteiger partial charge in [-0.2, -0.15) is 0 Å². The van der Waals surface area contributed by atoms with Gasteiger partial charge in [0.25, 0.3) is 0 Å². The normalized spacial score (nSPS) is 14.3. The van der Waals surface area contributed by atoms with E-state index in [0.717, 1.165) is 42.7 Å². The highest BCUT2D eigenvalue weighted by atomic mass is 35.5. The molecule has 3 aromatic rings. The monoisotopic (exact) mass is 470 g/mol. The highest BCUT2D eigenvalue weighted by molar-refractivity contribution is 6.36. The molecule has 8 heteroatoms. The first-order valence-electron chi connectivity index (χ1n) is 10.5. The number of hydrogen-bond donors (Lipinski definition) is 3. The molecule has 0 radical (unpaired) electrons. The number of halogens is 2. The molecule has 1 fully saturated rings. The number of rotatable bonds is 5. The van der Waals surface area contributed by atoms with E-state index in [9.17, 15) is 9.90 Å². The lowest BCUT2D eigenvalue weighted by molar-refractivity contribution is 0.203. The summed E-state index contributed by atoms with van der Waals surface area (Å²) in [6.45, 7) is 1.82. The Morgan fingerprint density at radius 2 is 1.78 bits per heavy atom. The summed E-state index contributed by atoms with van der Waals surface area (Å²) in [7, 11) is 0. The van der Waals surface area contributed by atoms with E-state index in [1.165, 1.54) is 0 Å². The van der Waals surface area contributed by atoms with Crippen molar-refractivity contribution in [2.24, 2.45) is 5.92 Å². The summed E-state index contributed by atoms with van der Waals surface area (Å²) in [6.07, 6.45) is 5.37. The minimum absolute atomic E-state index is 0.207. The fraction of sp³-hybridized carbons (Fsp3) is 0.250. The molecule has 32 heavy (non-hydrogen) atoms. The Morgan fingerprint density at radius 1 is 1.03 bits per heavy atom. The number of pyridine rings is 1. The van der Waals surface area contributed by atoms with Crippen LogP contribution in [0, 0.1) is 5.92 Å². The molecular weight excluding hydrogens is 447 g/mol. The number of nitrogens with one attached hydrogen (secondary N) is 2. The van der Waals surface area contributed by atoms with E-state index in [0.29, 0.717) is 27.3 Å². The molecule has 3 N–H and O–H groups in total. The first-order chi connectivity index (χ1) is 15.5. The Kier molecular flexibility index (Phi) is 7.15. The van der Waals surface area contributed by atoms with Crippen molar-refractivity contribution in [3.63, 3.8) is 0 Å². The summed E-state index contributed by atoms with van der Waals surface area (Å²) in [6, 6.07) is 14.4. The molecular formula is C24H24Cl2N4O2. The van der Waals surface area contributed by atoms with Gasteiger partial charge in [-0.25, -0.2) is 4.79 Å². The molecule has 0 saturated carbocycles. The van der Waals surface area contributed by atoms with Crippen LogP contribution in [0.5, 0.6) is 0 Å². The molecule has 6 nitrogen and oxygen atoms in total. The number of nitrogens with zero attached hydrogens (tertiary/aromatic N) is 2. The molecule has 2 amide bonds. The number of amides is 2. The Morgan fingerprint density at radius 3 is 2.47 bits per heavy atom. The Hall–Kier alpha value is -2.80. The van der Waals surface area contributed by atoms with Gasteiger partial charge in [0, 0.05) is 42.7 Å². The van der Waals surface area contributed by atoms with Gasteiger partial charge in [0.05, 0.1) is 22.1 Å². The molecule has 0 atom stereocenters. The second kappa shape index (κ2) is 10.2. The fourth-order valence-corrected chi connectivity index (χ4v) is 4.29. The van der Waals surface area contributed by atoms with Crippen LogP contribution in [0.3, 0.4) is 0 Å². The predicted octanol–water partition coefficient (Wildman–Crippen LogP) is 5.91. The smallest absolute Gasteiger partial charge is 0.323 e. The fourth-order valence-electron chi connectivity index (χ4n) is 3.84. The van der Waals surface area contributed by atoms with Gasteiger partial charge in [-0.1, -0.05) is 35.3 Å². The minimum Gasteiger partial charge on any atom is -0.396 e. The summed E-state index contributed by atoms with van der Waals surface area (Å²) in [4.78, 5) is 19.2. The van der Waals surface area contributed by atoms with Crippen LogP contribution >= 0.6 is 23.2 Å². The maximum atomic E-state index is 12.7. The first-order valence-corrected chi connectivity index (χ1v) is 11.2. The van der Waals surface area contributed by atoms with Gasteiger partial charge in [0.15, 0.2) is 0 Å². The van der Waals surface area contributed by atoms with Crippen molar-refractivity contribution in [3.05, 3.63) is 71.0 Å². The summed E-state index contributed by atoms with van der Waals surface area (Å²) < 4.78 is 0. The number of hydrogen-bond acceptors (Lipinski definition) is 4. The molecule has 0 aliphatic carbocycles. The molecule has 1 aromatic heterocycles. The molecule has 0 unspecified atom stereocenters. The summed E-state index contributed by atoms with van der Waals surface area (Å²) in [5.74, 6) is 0.319. The molecule has 2 aromatic carbocycles. The second-order valence-corrected chi connectivity index (χ2v) is 8.63. The van der Waals surface area contributed by atoms with Crippen LogP contribution in [-0.2, 0) is 0 Å². The Labute approximate surface area is 197 Å². The summed E-state index contributed by atoms with van der Waals surface area (Å²) in [5.41, 5.74) is 4.13. The van der Waals surface area contributed by atoms with Crippen LogP contribution in [0.1, 0.15) is 12.8 Å². The van der Waals surface area contributed by atoms with Gasteiger partial charge >= 0.3 is 6.03 Å². The highest BCUT2D eigenvalue weighted by Gasteiger charge is 2.22. The maximum Gasteiger partial charge on any atom is 0.323 e. The zero-order valence-corrected chi connectivity index (χ0v) is 18.9. The molecule has 2 heterocycles. The van der Waals surface area contributed by atoms with Gasteiger partial charge in [0.1, 0.15) is 0 Å². The van der Waals surface area contributed by atoms with E-state index in [1.54, 1.807) is 24.4 Å². The number of aromatic nitrogens is 1. The molecule has 1 aliphatic rings. The van der Waals surface area contributed by atoms with Gasteiger partial charge in [-0.15, -0.1) is 0 Å². The number of aliphatic hydroxyl groups excluding tert-OH is 1. The number of benzene rings is 2. The standard InChI is InChI=1S/C24H24Cl2N4O2/c25-19-4-6-21(20(26)13-19)28-24(32)29-22-5-3-17(18-2-1-9-27-14-18)12-23(22)30-10-7-16(15-31)8-11-30/h1-6,9,12-14,16,31H,7-8,10-11,15H2,(H2,28,29,32). The number of urea groups is 1. The Bertz CT molecular complexity index is 1090. The quantitative estimate of drug-likeness (QED) is 0.433. The average molecular weight is 471 g/mol. The van der Waals surface area contributed by atoms with Crippen molar-refractivity contribution in [1.29, 1.82) is 0 Å². The van der Waals surface area contributed by atoms with E-state index in [1.807, 2.05) is 30.5 Å². The number of anilines is 3. The van der Waals surface area contributed by atoms with Crippen LogP contribution in [-0.4, -0.2) is 35.8 Å². The minimum atomic E-state index is -0.394. The van der Waals surface area contributed by atoms with Crippen molar-refractivity contribution in [2.45, 2.75) is 12.8 Å². The van der Waals surface area contributed by atoms with E-state index < -0.39 is 6.03 Å². The third kappa shape index (κ3) is 5.33. The zero-order chi connectivity index (χ0) is 22.5. The van der Waals surface area contributed by atoms with Crippen LogP contribution in [0.4, 0.5) is 21.9 Å². The maximum absolute atomic E-state index is 12.7. The molecule has 166 valence electrons. The first kappa shape index (κ1) is 22.4. The number of carbonyl (C=O) groups excluding carboxylic acids is 1. The summed E-state index contributed by atoms with van der Waals surface area (Å²) >= 11 is 12.1. The molecule has 1 saturated heterocycles. The van der Waals surface area contributed by atoms with Crippen molar-refractivity contribution in [1.82, 2.24) is 4.98 Å². The topological polar surface area (TPSA) is 77.5 Å². The number of piperidine rings is 1. The lowest BCUT2D eigenvalue weighted by Gasteiger charge is -2.34. The van der Waals surface area contributed by atoms with Crippen LogP contribution in [0.25, 0.3) is 11.1 Å². The average Bonchev–Trinajstić information content (AvgIpc) is 2.82. The molecule has 0 bridgehead atoms. The number of aliphatic hydroxyl groups is 1. The Balaban J connectivity index is 1.59. The highest BCUT2D eigenvalue weighted by Crippen LogP contribution is 2.34. The van der Waals surface area contributed by atoms with Gasteiger partial charge in [0.2, 0.25) is 0 Å².